The zero-order valence-corrected chi connectivity index (χ0v) is 14.3. The number of hydrogen-bond acceptors (Lipinski definition) is 2. The van der Waals surface area contributed by atoms with Gasteiger partial charge in [-0.1, -0.05) is 54.2 Å². The molecular weight excluding hydrogens is 312 g/mol. The van der Waals surface area contributed by atoms with Crippen molar-refractivity contribution in [1.82, 2.24) is 4.90 Å². The van der Waals surface area contributed by atoms with Crippen LogP contribution in [0.2, 0.25) is 0 Å². The molecule has 1 aromatic carbocycles. The van der Waals surface area contributed by atoms with Crippen molar-refractivity contribution in [2.75, 3.05) is 7.05 Å². The second kappa shape index (κ2) is 7.58. The van der Waals surface area contributed by atoms with Gasteiger partial charge in [-0.15, -0.1) is 0 Å². The normalized spacial score (nSPS) is 20.1. The quantitative estimate of drug-likeness (QED) is 0.856. The molecule has 0 aliphatic heterocycles. The highest BCUT2D eigenvalue weighted by Crippen LogP contribution is 2.31. The van der Waals surface area contributed by atoms with Crippen molar-refractivity contribution in [2.24, 2.45) is 5.73 Å². The largest absolute Gasteiger partial charge is 0.326 e. The first-order valence-corrected chi connectivity index (χ1v) is 8.65. The van der Waals surface area contributed by atoms with Crippen LogP contribution in [0.15, 0.2) is 28.7 Å². The molecule has 0 saturated heterocycles. The van der Waals surface area contributed by atoms with Gasteiger partial charge in [0.05, 0.1) is 0 Å². The summed E-state index contributed by atoms with van der Waals surface area (Å²) < 4.78 is 1.13. The lowest BCUT2D eigenvalue weighted by molar-refractivity contribution is 0.118. The summed E-state index contributed by atoms with van der Waals surface area (Å²) in [7, 11) is 2.26. The van der Waals surface area contributed by atoms with Crippen molar-refractivity contribution in [1.29, 1.82) is 0 Å². The van der Waals surface area contributed by atoms with Crippen molar-refractivity contribution < 1.29 is 0 Å². The van der Waals surface area contributed by atoms with Gasteiger partial charge in [0.15, 0.2) is 0 Å². The summed E-state index contributed by atoms with van der Waals surface area (Å²) in [6.07, 6.45) is 7.78. The van der Waals surface area contributed by atoms with E-state index >= 15 is 0 Å². The van der Waals surface area contributed by atoms with Gasteiger partial charge in [0.2, 0.25) is 0 Å². The van der Waals surface area contributed by atoms with Gasteiger partial charge >= 0.3 is 0 Å². The Labute approximate surface area is 131 Å². The van der Waals surface area contributed by atoms with Gasteiger partial charge < -0.3 is 5.73 Å². The van der Waals surface area contributed by atoms with Crippen LogP contribution in [0, 0.1) is 0 Å². The van der Waals surface area contributed by atoms with E-state index in [9.17, 15) is 0 Å². The summed E-state index contributed by atoms with van der Waals surface area (Å²) in [6.45, 7) is 2.19. The number of benzene rings is 1. The molecule has 3 heteroatoms. The Hall–Kier alpha value is -0.380. The molecule has 0 heterocycles. The van der Waals surface area contributed by atoms with Crippen LogP contribution in [0.3, 0.4) is 0 Å². The number of likely N-dealkylation sites (N-methyl/N-ethyl adjacent to an activating group) is 1. The first-order valence-electron chi connectivity index (χ1n) is 7.86. The molecule has 1 saturated carbocycles. The molecule has 1 aliphatic rings. The fraction of sp³-hybridized carbons (Fsp3) is 0.647. The molecule has 0 radical (unpaired) electrons. The van der Waals surface area contributed by atoms with Crippen LogP contribution in [0.5, 0.6) is 0 Å². The van der Waals surface area contributed by atoms with Crippen molar-refractivity contribution in [2.45, 2.75) is 63.6 Å². The number of nitrogens with two attached hydrogens (primary N) is 1. The molecule has 20 heavy (non-hydrogen) atoms. The van der Waals surface area contributed by atoms with E-state index in [1.165, 1.54) is 37.7 Å². The lowest BCUT2D eigenvalue weighted by Crippen LogP contribution is -2.44. The fourth-order valence-corrected chi connectivity index (χ4v) is 3.65. The Balaban J connectivity index is 2.19. The van der Waals surface area contributed by atoms with E-state index in [0.717, 1.165) is 10.9 Å². The smallest absolute Gasteiger partial charge is 0.0498 e. The zero-order chi connectivity index (χ0) is 14.5. The van der Waals surface area contributed by atoms with E-state index in [1.807, 2.05) is 0 Å². The van der Waals surface area contributed by atoms with Gasteiger partial charge in [0.25, 0.3) is 0 Å². The number of halogens is 1. The Kier molecular flexibility index (Phi) is 6.06. The van der Waals surface area contributed by atoms with Crippen LogP contribution in [0.25, 0.3) is 0 Å². The maximum Gasteiger partial charge on any atom is 0.0498 e. The second-order valence-electron chi connectivity index (χ2n) is 6.03. The van der Waals surface area contributed by atoms with Crippen molar-refractivity contribution >= 4 is 15.9 Å². The van der Waals surface area contributed by atoms with Crippen molar-refractivity contribution in [3.63, 3.8) is 0 Å². The van der Waals surface area contributed by atoms with E-state index in [2.05, 4.69) is 59.1 Å². The summed E-state index contributed by atoms with van der Waals surface area (Å²) in [4.78, 5) is 2.54. The highest BCUT2D eigenvalue weighted by molar-refractivity contribution is 9.10. The third kappa shape index (κ3) is 3.84. The minimum Gasteiger partial charge on any atom is -0.326 e. The standard InChI is InChI=1S/C17H27BrN2/c1-3-16(19)17(13-9-11-14(18)12-10-13)20(2)15-7-5-4-6-8-15/h9-12,15-17H,3-8,19H2,1-2H3. The SMILES string of the molecule is CCC(N)C(c1ccc(Br)cc1)N(C)C1CCCCC1. The highest BCUT2D eigenvalue weighted by Gasteiger charge is 2.29. The number of rotatable bonds is 5. The topological polar surface area (TPSA) is 29.3 Å². The molecule has 112 valence electrons. The first kappa shape index (κ1) is 16.0. The Morgan fingerprint density at radius 2 is 1.80 bits per heavy atom. The van der Waals surface area contributed by atoms with Crippen LogP contribution in [-0.2, 0) is 0 Å². The van der Waals surface area contributed by atoms with E-state index in [1.54, 1.807) is 0 Å². The summed E-state index contributed by atoms with van der Waals surface area (Å²) in [5, 5.41) is 0. The minimum absolute atomic E-state index is 0.197. The van der Waals surface area contributed by atoms with Gasteiger partial charge in [0, 0.05) is 22.6 Å². The van der Waals surface area contributed by atoms with Gasteiger partial charge in [-0.2, -0.15) is 0 Å². The van der Waals surface area contributed by atoms with Crippen molar-refractivity contribution in [3.8, 4) is 0 Å². The van der Waals surface area contributed by atoms with Crippen molar-refractivity contribution in [3.05, 3.63) is 34.3 Å². The van der Waals surface area contributed by atoms with Gasteiger partial charge in [-0.05, 0) is 44.0 Å². The predicted octanol–water partition coefficient (Wildman–Crippen LogP) is 4.49. The minimum atomic E-state index is 0.197. The van der Waals surface area contributed by atoms with Crippen LogP contribution >= 0.6 is 15.9 Å². The molecule has 0 spiro atoms. The molecule has 2 N–H and O–H groups in total. The molecule has 0 amide bonds. The lowest BCUT2D eigenvalue weighted by Gasteiger charge is -2.40. The molecule has 0 aromatic heterocycles. The Morgan fingerprint density at radius 1 is 1.20 bits per heavy atom. The molecule has 2 atom stereocenters. The monoisotopic (exact) mass is 338 g/mol. The van der Waals surface area contributed by atoms with E-state index in [-0.39, 0.29) is 6.04 Å². The van der Waals surface area contributed by atoms with E-state index in [4.69, 9.17) is 5.73 Å². The van der Waals surface area contributed by atoms with Crippen LogP contribution in [0.1, 0.15) is 57.1 Å². The van der Waals surface area contributed by atoms with Crippen LogP contribution in [0.4, 0.5) is 0 Å². The zero-order valence-electron chi connectivity index (χ0n) is 12.7. The Bertz CT molecular complexity index is 398. The molecule has 1 fully saturated rings. The third-order valence-electron chi connectivity index (χ3n) is 4.68. The summed E-state index contributed by atoms with van der Waals surface area (Å²) in [5.41, 5.74) is 7.78. The second-order valence-corrected chi connectivity index (χ2v) is 6.94. The molecule has 2 nitrogen and oxygen atoms in total. The first-order chi connectivity index (χ1) is 9.63. The highest BCUT2D eigenvalue weighted by atomic mass is 79.9. The predicted molar refractivity (Wildman–Crippen MR) is 89.8 cm³/mol. The molecule has 0 bridgehead atoms. The average Bonchev–Trinajstić information content (AvgIpc) is 2.50. The molecule has 1 aliphatic carbocycles. The molecular formula is C17H27BrN2. The number of nitrogens with zero attached hydrogens (tertiary/aromatic N) is 1. The van der Waals surface area contributed by atoms with Crippen LogP contribution < -0.4 is 5.73 Å². The molecule has 2 unspecified atom stereocenters. The average molecular weight is 339 g/mol. The maximum absolute atomic E-state index is 6.44. The molecule has 1 aromatic rings. The lowest BCUT2D eigenvalue weighted by atomic mass is 9.90. The molecule has 2 rings (SSSR count). The van der Waals surface area contributed by atoms with E-state index < -0.39 is 0 Å². The van der Waals surface area contributed by atoms with E-state index in [0.29, 0.717) is 12.1 Å². The van der Waals surface area contributed by atoms with Gasteiger partial charge in [-0.3, -0.25) is 4.90 Å². The van der Waals surface area contributed by atoms with Gasteiger partial charge in [0.1, 0.15) is 0 Å². The summed E-state index contributed by atoms with van der Waals surface area (Å²) in [5.74, 6) is 0. The van der Waals surface area contributed by atoms with Crippen LogP contribution in [-0.4, -0.2) is 24.0 Å². The van der Waals surface area contributed by atoms with Gasteiger partial charge in [-0.25, -0.2) is 0 Å². The maximum atomic E-state index is 6.44. The number of hydrogen-bond donors (Lipinski definition) is 1. The summed E-state index contributed by atoms with van der Waals surface area (Å²) >= 11 is 3.52. The third-order valence-corrected chi connectivity index (χ3v) is 5.21. The fourth-order valence-electron chi connectivity index (χ4n) is 3.38. The summed E-state index contributed by atoms with van der Waals surface area (Å²) in [6, 6.07) is 9.89. The Morgan fingerprint density at radius 3 is 2.35 bits per heavy atom.